The van der Waals surface area contributed by atoms with Crippen LogP contribution in [-0.2, 0) is 0 Å². The fourth-order valence-corrected chi connectivity index (χ4v) is 2.61. The standard InChI is InChI=1S/C14H30N2/c1-5-14(6-2)11-16-9-7-12(3)15-13(4)8-10-16/h12-15H,5-11H2,1-4H3. The first-order valence-corrected chi connectivity index (χ1v) is 7.14. The van der Waals surface area contributed by atoms with E-state index in [2.05, 4.69) is 37.9 Å². The highest BCUT2D eigenvalue weighted by Crippen LogP contribution is 2.13. The minimum Gasteiger partial charge on any atom is -0.312 e. The molecule has 96 valence electrons. The van der Waals surface area contributed by atoms with Gasteiger partial charge in [0, 0.05) is 18.6 Å². The van der Waals surface area contributed by atoms with Crippen molar-refractivity contribution in [2.45, 2.75) is 65.5 Å². The summed E-state index contributed by atoms with van der Waals surface area (Å²) in [7, 11) is 0. The Hall–Kier alpha value is -0.0800. The number of hydrogen-bond acceptors (Lipinski definition) is 2. The molecule has 1 N–H and O–H groups in total. The maximum Gasteiger partial charge on any atom is 0.00533 e. The van der Waals surface area contributed by atoms with Crippen molar-refractivity contribution < 1.29 is 0 Å². The van der Waals surface area contributed by atoms with Gasteiger partial charge in [0.1, 0.15) is 0 Å². The summed E-state index contributed by atoms with van der Waals surface area (Å²) in [5.74, 6) is 0.901. The number of hydrogen-bond donors (Lipinski definition) is 1. The van der Waals surface area contributed by atoms with E-state index in [9.17, 15) is 0 Å². The molecule has 0 aromatic rings. The van der Waals surface area contributed by atoms with Crippen LogP contribution in [0.5, 0.6) is 0 Å². The molecular weight excluding hydrogens is 196 g/mol. The van der Waals surface area contributed by atoms with Crippen molar-refractivity contribution in [2.75, 3.05) is 19.6 Å². The van der Waals surface area contributed by atoms with Gasteiger partial charge in [-0.25, -0.2) is 0 Å². The van der Waals surface area contributed by atoms with Gasteiger partial charge in [-0.05, 0) is 45.7 Å². The molecule has 1 rings (SSSR count). The van der Waals surface area contributed by atoms with Gasteiger partial charge in [-0.3, -0.25) is 0 Å². The second-order valence-electron chi connectivity index (χ2n) is 5.53. The predicted octanol–water partition coefficient (Wildman–Crippen LogP) is 2.89. The smallest absolute Gasteiger partial charge is 0.00533 e. The van der Waals surface area contributed by atoms with E-state index >= 15 is 0 Å². The SMILES string of the molecule is CCC(CC)CN1CCC(C)NC(C)CC1. The summed E-state index contributed by atoms with van der Waals surface area (Å²) in [5.41, 5.74) is 0. The van der Waals surface area contributed by atoms with Crippen molar-refractivity contribution in [1.82, 2.24) is 10.2 Å². The van der Waals surface area contributed by atoms with Gasteiger partial charge in [0.2, 0.25) is 0 Å². The predicted molar refractivity (Wildman–Crippen MR) is 71.8 cm³/mol. The minimum atomic E-state index is 0.680. The van der Waals surface area contributed by atoms with Gasteiger partial charge in [-0.15, -0.1) is 0 Å². The Morgan fingerprint density at radius 3 is 2.00 bits per heavy atom. The lowest BCUT2D eigenvalue weighted by Gasteiger charge is -2.32. The molecule has 1 saturated heterocycles. The second-order valence-corrected chi connectivity index (χ2v) is 5.53. The van der Waals surface area contributed by atoms with Crippen LogP contribution in [0.3, 0.4) is 0 Å². The zero-order chi connectivity index (χ0) is 12.0. The minimum absolute atomic E-state index is 0.680. The fourth-order valence-electron chi connectivity index (χ4n) is 2.61. The molecule has 2 nitrogen and oxygen atoms in total. The monoisotopic (exact) mass is 226 g/mol. The third-order valence-electron chi connectivity index (χ3n) is 4.00. The van der Waals surface area contributed by atoms with Gasteiger partial charge < -0.3 is 10.2 Å². The average Bonchev–Trinajstić information content (AvgIpc) is 2.26. The fraction of sp³-hybridized carbons (Fsp3) is 1.00. The molecule has 0 amide bonds. The lowest BCUT2D eigenvalue weighted by Crippen LogP contribution is -2.44. The summed E-state index contributed by atoms with van der Waals surface area (Å²) in [6.07, 6.45) is 5.25. The highest BCUT2D eigenvalue weighted by atomic mass is 15.1. The first kappa shape index (κ1) is 14.0. The van der Waals surface area contributed by atoms with Crippen LogP contribution >= 0.6 is 0 Å². The van der Waals surface area contributed by atoms with E-state index in [0.29, 0.717) is 12.1 Å². The van der Waals surface area contributed by atoms with Gasteiger partial charge >= 0.3 is 0 Å². The highest BCUT2D eigenvalue weighted by molar-refractivity contribution is 4.76. The normalized spacial score (nSPS) is 29.1. The van der Waals surface area contributed by atoms with Crippen LogP contribution in [0.2, 0.25) is 0 Å². The Balaban J connectivity index is 2.39. The van der Waals surface area contributed by atoms with Crippen LogP contribution in [0.1, 0.15) is 53.4 Å². The molecule has 1 heterocycles. The Kier molecular flexibility index (Phi) is 6.37. The van der Waals surface area contributed by atoms with E-state index in [1.165, 1.54) is 45.3 Å². The summed E-state index contributed by atoms with van der Waals surface area (Å²) in [6.45, 7) is 13.1. The number of nitrogens with one attached hydrogen (secondary N) is 1. The quantitative estimate of drug-likeness (QED) is 0.793. The van der Waals surface area contributed by atoms with E-state index in [4.69, 9.17) is 0 Å². The molecule has 2 unspecified atom stereocenters. The number of nitrogens with zero attached hydrogens (tertiary/aromatic N) is 1. The largest absolute Gasteiger partial charge is 0.312 e. The molecule has 0 aromatic heterocycles. The highest BCUT2D eigenvalue weighted by Gasteiger charge is 2.17. The lowest BCUT2D eigenvalue weighted by molar-refractivity contribution is 0.186. The van der Waals surface area contributed by atoms with Crippen molar-refractivity contribution in [3.63, 3.8) is 0 Å². The summed E-state index contributed by atoms with van der Waals surface area (Å²) in [5, 5.41) is 3.66. The third-order valence-corrected chi connectivity index (χ3v) is 4.00. The zero-order valence-electron chi connectivity index (χ0n) is 11.6. The molecule has 1 aliphatic heterocycles. The van der Waals surface area contributed by atoms with Crippen LogP contribution in [0.4, 0.5) is 0 Å². The molecule has 0 aromatic carbocycles. The molecule has 0 saturated carbocycles. The molecule has 0 aliphatic carbocycles. The van der Waals surface area contributed by atoms with E-state index in [1.807, 2.05) is 0 Å². The van der Waals surface area contributed by atoms with Crippen LogP contribution in [0, 0.1) is 5.92 Å². The van der Waals surface area contributed by atoms with Crippen molar-refractivity contribution >= 4 is 0 Å². The molecule has 2 atom stereocenters. The average molecular weight is 226 g/mol. The molecule has 2 heteroatoms. The van der Waals surface area contributed by atoms with Crippen molar-refractivity contribution in [3.8, 4) is 0 Å². The summed E-state index contributed by atoms with van der Waals surface area (Å²) < 4.78 is 0. The summed E-state index contributed by atoms with van der Waals surface area (Å²) in [6, 6.07) is 1.36. The van der Waals surface area contributed by atoms with E-state index in [-0.39, 0.29) is 0 Å². The van der Waals surface area contributed by atoms with Gasteiger partial charge in [0.15, 0.2) is 0 Å². The molecule has 16 heavy (non-hydrogen) atoms. The zero-order valence-corrected chi connectivity index (χ0v) is 11.6. The first-order chi connectivity index (χ1) is 7.65. The Morgan fingerprint density at radius 2 is 1.56 bits per heavy atom. The molecule has 0 spiro atoms. The molecule has 0 bridgehead atoms. The van der Waals surface area contributed by atoms with Crippen molar-refractivity contribution in [3.05, 3.63) is 0 Å². The lowest BCUT2D eigenvalue weighted by atomic mass is 10.0. The Bertz CT molecular complexity index is 166. The number of rotatable bonds is 4. The van der Waals surface area contributed by atoms with Crippen LogP contribution < -0.4 is 5.32 Å². The third kappa shape index (κ3) is 4.84. The van der Waals surface area contributed by atoms with Gasteiger partial charge in [-0.2, -0.15) is 0 Å². The van der Waals surface area contributed by atoms with E-state index in [1.54, 1.807) is 0 Å². The molecular formula is C14H30N2. The van der Waals surface area contributed by atoms with Gasteiger partial charge in [0.05, 0.1) is 0 Å². The van der Waals surface area contributed by atoms with E-state index in [0.717, 1.165) is 5.92 Å². The topological polar surface area (TPSA) is 15.3 Å². The van der Waals surface area contributed by atoms with Crippen molar-refractivity contribution in [2.24, 2.45) is 5.92 Å². The Morgan fingerprint density at radius 1 is 1.06 bits per heavy atom. The summed E-state index contributed by atoms with van der Waals surface area (Å²) >= 11 is 0. The molecule has 0 radical (unpaired) electrons. The van der Waals surface area contributed by atoms with Crippen LogP contribution in [0.25, 0.3) is 0 Å². The van der Waals surface area contributed by atoms with Crippen molar-refractivity contribution in [1.29, 1.82) is 0 Å². The van der Waals surface area contributed by atoms with E-state index < -0.39 is 0 Å². The molecule has 1 fully saturated rings. The maximum atomic E-state index is 3.66. The first-order valence-electron chi connectivity index (χ1n) is 7.14. The van der Waals surface area contributed by atoms with Gasteiger partial charge in [0.25, 0.3) is 0 Å². The Labute approximate surface area is 102 Å². The second kappa shape index (κ2) is 7.29. The molecule has 1 aliphatic rings. The van der Waals surface area contributed by atoms with Crippen LogP contribution in [-0.4, -0.2) is 36.6 Å². The van der Waals surface area contributed by atoms with Crippen LogP contribution in [0.15, 0.2) is 0 Å². The summed E-state index contributed by atoms with van der Waals surface area (Å²) in [4.78, 5) is 2.69. The maximum absolute atomic E-state index is 3.66. The van der Waals surface area contributed by atoms with Gasteiger partial charge in [-0.1, -0.05) is 26.7 Å².